The van der Waals surface area contributed by atoms with Crippen LogP contribution in [0.15, 0.2) is 34.2 Å². The minimum atomic E-state index is -0.264. The molecule has 2 rings (SSSR count). The van der Waals surface area contributed by atoms with Gasteiger partial charge >= 0.3 is 0 Å². The number of nitrogens with one attached hydrogen (secondary N) is 2. The largest absolute Gasteiger partial charge is 0.504 e. The van der Waals surface area contributed by atoms with Crippen LogP contribution in [-0.2, 0) is 0 Å². The molecule has 20 heavy (non-hydrogen) atoms. The Balaban J connectivity index is 2.16. The number of aromatic hydroxyl groups is 1. The lowest BCUT2D eigenvalue weighted by molar-refractivity contribution is 0.373. The van der Waals surface area contributed by atoms with Crippen LogP contribution < -0.4 is 15.7 Å². The van der Waals surface area contributed by atoms with Crippen molar-refractivity contribution in [2.75, 3.05) is 12.5 Å². The fourth-order valence-electron chi connectivity index (χ4n) is 1.60. The van der Waals surface area contributed by atoms with Crippen molar-refractivity contribution in [3.8, 4) is 11.5 Å². The second kappa shape index (κ2) is 5.87. The molecule has 0 unspecified atom stereocenters. The van der Waals surface area contributed by atoms with Crippen molar-refractivity contribution in [3.63, 3.8) is 0 Å². The van der Waals surface area contributed by atoms with Gasteiger partial charge in [-0.05, 0) is 19.1 Å². The summed E-state index contributed by atoms with van der Waals surface area (Å²) < 4.78 is 4.99. The Bertz CT molecular complexity index is 694. The van der Waals surface area contributed by atoms with Crippen molar-refractivity contribution in [2.24, 2.45) is 5.10 Å². The van der Waals surface area contributed by atoms with E-state index in [4.69, 9.17) is 4.74 Å². The molecule has 0 spiro atoms. The Morgan fingerprint density at radius 2 is 2.30 bits per heavy atom. The first-order chi connectivity index (χ1) is 9.60. The number of phenols is 1. The molecular formula is C13H14N4O3. The van der Waals surface area contributed by atoms with Gasteiger partial charge in [0, 0.05) is 17.3 Å². The first-order valence-electron chi connectivity index (χ1n) is 5.83. The van der Waals surface area contributed by atoms with E-state index >= 15 is 0 Å². The minimum Gasteiger partial charge on any atom is -0.504 e. The molecule has 0 fully saturated rings. The summed E-state index contributed by atoms with van der Waals surface area (Å²) in [4.78, 5) is 17.8. The quantitative estimate of drug-likeness (QED) is 0.575. The van der Waals surface area contributed by atoms with Gasteiger partial charge < -0.3 is 9.84 Å². The smallest absolute Gasteiger partial charge is 0.252 e. The molecule has 3 N–H and O–H groups in total. The highest BCUT2D eigenvalue weighted by Gasteiger charge is 2.04. The van der Waals surface area contributed by atoms with Crippen molar-refractivity contribution in [2.45, 2.75) is 6.92 Å². The van der Waals surface area contributed by atoms with Crippen LogP contribution in [0.4, 0.5) is 5.95 Å². The number of hydrogen-bond donors (Lipinski definition) is 3. The van der Waals surface area contributed by atoms with Gasteiger partial charge in [0.25, 0.3) is 5.56 Å². The number of nitrogens with zero attached hydrogens (tertiary/aromatic N) is 2. The number of aromatic amines is 1. The molecule has 0 aliphatic heterocycles. The molecule has 0 radical (unpaired) electrons. The van der Waals surface area contributed by atoms with Crippen LogP contribution in [0, 0.1) is 6.92 Å². The van der Waals surface area contributed by atoms with Crippen molar-refractivity contribution in [3.05, 3.63) is 45.9 Å². The van der Waals surface area contributed by atoms with Gasteiger partial charge in [-0.1, -0.05) is 6.07 Å². The van der Waals surface area contributed by atoms with Crippen molar-refractivity contribution in [1.82, 2.24) is 9.97 Å². The number of benzene rings is 1. The van der Waals surface area contributed by atoms with E-state index < -0.39 is 0 Å². The van der Waals surface area contributed by atoms with Crippen LogP contribution in [0.2, 0.25) is 0 Å². The van der Waals surface area contributed by atoms with Crippen LogP contribution in [-0.4, -0.2) is 28.4 Å². The SMILES string of the molecule is COc1cccc(C=NNc2nc(C)cc(=O)[nH]2)c1O. The average Bonchev–Trinajstić information content (AvgIpc) is 2.39. The van der Waals surface area contributed by atoms with Crippen molar-refractivity contribution < 1.29 is 9.84 Å². The molecule has 0 atom stereocenters. The van der Waals surface area contributed by atoms with E-state index in [1.165, 1.54) is 19.4 Å². The summed E-state index contributed by atoms with van der Waals surface area (Å²) in [5.74, 6) is 0.580. The summed E-state index contributed by atoms with van der Waals surface area (Å²) in [5, 5.41) is 13.8. The zero-order valence-electron chi connectivity index (χ0n) is 11.0. The number of hydrazone groups is 1. The Morgan fingerprint density at radius 1 is 1.50 bits per heavy atom. The van der Waals surface area contributed by atoms with Gasteiger partial charge in [-0.15, -0.1) is 0 Å². The van der Waals surface area contributed by atoms with Crippen LogP contribution in [0.5, 0.6) is 11.5 Å². The Kier molecular flexibility index (Phi) is 3.99. The standard InChI is InChI=1S/C13H14N4O3/c1-8-6-11(18)16-13(15-8)17-14-7-9-4-3-5-10(20-2)12(9)19/h3-7,19H,1-2H3,(H2,15,16,17,18). The molecule has 2 aromatic rings. The third kappa shape index (κ3) is 3.14. The number of para-hydroxylation sites is 1. The van der Waals surface area contributed by atoms with Gasteiger partial charge in [-0.3, -0.25) is 9.78 Å². The minimum absolute atomic E-state index is 0.00811. The number of aryl methyl sites for hydroxylation is 1. The topological polar surface area (TPSA) is 99.6 Å². The number of anilines is 1. The highest BCUT2D eigenvalue weighted by atomic mass is 16.5. The second-order valence-electron chi connectivity index (χ2n) is 4.00. The third-order valence-electron chi connectivity index (χ3n) is 2.49. The second-order valence-corrected chi connectivity index (χ2v) is 4.00. The summed E-state index contributed by atoms with van der Waals surface area (Å²) in [6, 6.07) is 6.42. The molecule has 0 aliphatic rings. The number of H-pyrrole nitrogens is 1. The van der Waals surface area contributed by atoms with E-state index in [-0.39, 0.29) is 17.3 Å². The van der Waals surface area contributed by atoms with Gasteiger partial charge in [0.1, 0.15) is 0 Å². The molecule has 0 aliphatic carbocycles. The van der Waals surface area contributed by atoms with Crippen LogP contribution >= 0.6 is 0 Å². The highest BCUT2D eigenvalue weighted by Crippen LogP contribution is 2.27. The molecule has 1 heterocycles. The third-order valence-corrected chi connectivity index (χ3v) is 2.49. The van der Waals surface area contributed by atoms with E-state index in [1.807, 2.05) is 0 Å². The fourth-order valence-corrected chi connectivity index (χ4v) is 1.60. The number of hydrogen-bond acceptors (Lipinski definition) is 6. The maximum Gasteiger partial charge on any atom is 0.252 e. The van der Waals surface area contributed by atoms with Gasteiger partial charge in [0.05, 0.1) is 13.3 Å². The van der Waals surface area contributed by atoms with Gasteiger partial charge in [0.15, 0.2) is 11.5 Å². The molecular weight excluding hydrogens is 260 g/mol. The van der Waals surface area contributed by atoms with E-state index in [2.05, 4.69) is 20.5 Å². The number of phenolic OH excluding ortho intramolecular Hbond substituents is 1. The number of methoxy groups -OCH3 is 1. The molecule has 104 valence electrons. The van der Waals surface area contributed by atoms with Crippen molar-refractivity contribution in [1.29, 1.82) is 0 Å². The molecule has 7 heteroatoms. The summed E-state index contributed by atoms with van der Waals surface area (Å²) in [7, 11) is 1.47. The molecule has 1 aromatic carbocycles. The molecule has 0 bridgehead atoms. The monoisotopic (exact) mass is 274 g/mol. The maximum atomic E-state index is 11.2. The fraction of sp³-hybridized carbons (Fsp3) is 0.154. The zero-order chi connectivity index (χ0) is 14.5. The van der Waals surface area contributed by atoms with Crippen molar-refractivity contribution >= 4 is 12.2 Å². The summed E-state index contributed by atoms with van der Waals surface area (Å²) in [5.41, 5.74) is 3.38. The molecule has 0 saturated heterocycles. The number of aromatic nitrogens is 2. The van der Waals surface area contributed by atoms with E-state index in [0.717, 1.165) is 0 Å². The first kappa shape index (κ1) is 13.6. The lowest BCUT2D eigenvalue weighted by atomic mass is 10.2. The maximum absolute atomic E-state index is 11.2. The van der Waals surface area contributed by atoms with E-state index in [0.29, 0.717) is 17.0 Å². The van der Waals surface area contributed by atoms with Crippen LogP contribution in [0.3, 0.4) is 0 Å². The van der Waals surface area contributed by atoms with Gasteiger partial charge in [-0.2, -0.15) is 5.10 Å². The lowest BCUT2D eigenvalue weighted by Crippen LogP contribution is -2.10. The van der Waals surface area contributed by atoms with Gasteiger partial charge in [-0.25, -0.2) is 10.4 Å². The lowest BCUT2D eigenvalue weighted by Gasteiger charge is -2.05. The highest BCUT2D eigenvalue weighted by molar-refractivity contribution is 5.85. The predicted molar refractivity (Wildman–Crippen MR) is 75.5 cm³/mol. The average molecular weight is 274 g/mol. The van der Waals surface area contributed by atoms with Crippen LogP contribution in [0.1, 0.15) is 11.3 Å². The Morgan fingerprint density at radius 3 is 3.00 bits per heavy atom. The molecule has 0 amide bonds. The molecule has 7 nitrogen and oxygen atoms in total. The number of rotatable bonds is 4. The molecule has 1 aromatic heterocycles. The van der Waals surface area contributed by atoms with E-state index in [1.54, 1.807) is 25.1 Å². The Labute approximate surface area is 115 Å². The Hall–Kier alpha value is -2.83. The zero-order valence-corrected chi connectivity index (χ0v) is 11.0. The normalized spacial score (nSPS) is 10.7. The molecule has 0 saturated carbocycles. The summed E-state index contributed by atoms with van der Waals surface area (Å²) in [6.45, 7) is 1.71. The first-order valence-corrected chi connectivity index (χ1v) is 5.83. The summed E-state index contributed by atoms with van der Waals surface area (Å²) in [6.07, 6.45) is 1.40. The predicted octanol–water partition coefficient (Wildman–Crippen LogP) is 1.24. The number of ether oxygens (including phenoxy) is 1. The van der Waals surface area contributed by atoms with E-state index in [9.17, 15) is 9.90 Å². The van der Waals surface area contributed by atoms with Crippen LogP contribution in [0.25, 0.3) is 0 Å². The summed E-state index contributed by atoms with van der Waals surface area (Å²) >= 11 is 0. The van der Waals surface area contributed by atoms with Gasteiger partial charge in [0.2, 0.25) is 5.95 Å².